The number of hydrogen-bond donors (Lipinski definition) is 2. The predicted octanol–water partition coefficient (Wildman–Crippen LogP) is 3.94. The van der Waals surface area contributed by atoms with Gasteiger partial charge in [0.1, 0.15) is 5.69 Å². The number of H-pyrrole nitrogens is 1. The number of ketones is 1. The number of aromatic nitrogens is 1. The second-order valence-corrected chi connectivity index (χ2v) is 6.99. The van der Waals surface area contributed by atoms with Crippen molar-refractivity contribution in [1.29, 1.82) is 0 Å². The molecule has 2 rings (SSSR count). The van der Waals surface area contributed by atoms with Gasteiger partial charge in [0.2, 0.25) is 0 Å². The lowest BCUT2D eigenvalue weighted by atomic mass is 10.0. The summed E-state index contributed by atoms with van der Waals surface area (Å²) in [6, 6.07) is 3.96. The number of rotatable bonds is 5. The fourth-order valence-corrected chi connectivity index (χ4v) is 3.36. The van der Waals surface area contributed by atoms with Crippen LogP contribution < -0.4 is 5.32 Å². The first-order valence-corrected chi connectivity index (χ1v) is 8.82. The van der Waals surface area contributed by atoms with Crippen molar-refractivity contribution in [2.75, 3.05) is 5.32 Å². The average molecular weight is 370 g/mol. The molecule has 0 aliphatic heterocycles. The van der Waals surface area contributed by atoms with Crippen LogP contribution in [0.25, 0.3) is 0 Å². The molecule has 1 atom stereocenters. The van der Waals surface area contributed by atoms with Crippen molar-refractivity contribution < 1.29 is 19.1 Å². The Morgan fingerprint density at radius 2 is 1.59 bits per heavy atom. The summed E-state index contributed by atoms with van der Waals surface area (Å²) >= 11 is 0. The summed E-state index contributed by atoms with van der Waals surface area (Å²) < 4.78 is 5.31. The van der Waals surface area contributed by atoms with Gasteiger partial charge in [0.15, 0.2) is 11.9 Å². The van der Waals surface area contributed by atoms with E-state index in [0.717, 1.165) is 22.4 Å². The standard InChI is InChI=1S/C21H26N2O4/c1-10-8-11(2)18(12(3)9-10)23-20(25)16(7)27-21(26)19-13(4)17(15(6)24)14(5)22-19/h8-9,16,22H,1-7H3,(H,23,25)/t16-/m1/s1. The molecular weight excluding hydrogens is 344 g/mol. The van der Waals surface area contributed by atoms with Crippen molar-refractivity contribution in [3.8, 4) is 0 Å². The van der Waals surface area contributed by atoms with E-state index < -0.39 is 18.0 Å². The summed E-state index contributed by atoms with van der Waals surface area (Å²) in [5, 5.41) is 2.83. The van der Waals surface area contributed by atoms with Crippen LogP contribution in [-0.2, 0) is 9.53 Å². The number of esters is 1. The van der Waals surface area contributed by atoms with E-state index in [1.807, 2.05) is 32.9 Å². The highest BCUT2D eigenvalue weighted by atomic mass is 16.5. The quantitative estimate of drug-likeness (QED) is 0.616. The Labute approximate surface area is 159 Å². The molecule has 0 aliphatic rings. The summed E-state index contributed by atoms with van der Waals surface area (Å²) in [6.45, 7) is 12.2. The van der Waals surface area contributed by atoms with Gasteiger partial charge in [0.25, 0.3) is 5.91 Å². The minimum atomic E-state index is -0.985. The van der Waals surface area contributed by atoms with E-state index in [4.69, 9.17) is 4.74 Å². The number of benzene rings is 1. The van der Waals surface area contributed by atoms with Gasteiger partial charge in [-0.25, -0.2) is 4.79 Å². The van der Waals surface area contributed by atoms with Crippen molar-refractivity contribution in [1.82, 2.24) is 4.98 Å². The average Bonchev–Trinajstić information content (AvgIpc) is 2.85. The molecule has 1 heterocycles. The Bertz CT molecular complexity index is 901. The van der Waals surface area contributed by atoms with Gasteiger partial charge in [-0.3, -0.25) is 9.59 Å². The maximum Gasteiger partial charge on any atom is 0.355 e. The maximum atomic E-state index is 12.5. The normalized spacial score (nSPS) is 11.8. The Morgan fingerprint density at radius 1 is 1.04 bits per heavy atom. The van der Waals surface area contributed by atoms with Gasteiger partial charge < -0.3 is 15.0 Å². The first-order valence-electron chi connectivity index (χ1n) is 8.82. The largest absolute Gasteiger partial charge is 0.448 e. The number of hydrogen-bond acceptors (Lipinski definition) is 4. The van der Waals surface area contributed by atoms with Crippen LogP contribution in [0.4, 0.5) is 5.69 Å². The molecule has 1 amide bonds. The molecule has 0 saturated heterocycles. The van der Waals surface area contributed by atoms with Crippen LogP contribution in [0.3, 0.4) is 0 Å². The smallest absolute Gasteiger partial charge is 0.355 e. The van der Waals surface area contributed by atoms with Gasteiger partial charge in [-0.2, -0.15) is 0 Å². The third kappa shape index (κ3) is 4.27. The molecule has 2 aromatic rings. The zero-order chi connectivity index (χ0) is 20.5. The van der Waals surface area contributed by atoms with Gasteiger partial charge in [-0.1, -0.05) is 17.7 Å². The fraction of sp³-hybridized carbons (Fsp3) is 0.381. The van der Waals surface area contributed by atoms with Crippen LogP contribution in [0, 0.1) is 34.6 Å². The highest BCUT2D eigenvalue weighted by molar-refractivity contribution is 6.02. The minimum absolute atomic E-state index is 0.128. The summed E-state index contributed by atoms with van der Waals surface area (Å²) in [7, 11) is 0. The Kier molecular flexibility index (Phi) is 5.88. The topological polar surface area (TPSA) is 88.3 Å². The van der Waals surface area contributed by atoms with Crippen molar-refractivity contribution in [3.63, 3.8) is 0 Å². The minimum Gasteiger partial charge on any atom is -0.448 e. The molecule has 27 heavy (non-hydrogen) atoms. The molecule has 0 aliphatic carbocycles. The third-order valence-electron chi connectivity index (χ3n) is 4.57. The second-order valence-electron chi connectivity index (χ2n) is 6.99. The molecule has 1 aromatic heterocycles. The number of aromatic amines is 1. The summed E-state index contributed by atoms with van der Waals surface area (Å²) in [6.07, 6.45) is -0.985. The number of amides is 1. The number of carbonyl (C=O) groups is 3. The van der Waals surface area contributed by atoms with E-state index in [2.05, 4.69) is 10.3 Å². The van der Waals surface area contributed by atoms with Crippen molar-refractivity contribution >= 4 is 23.3 Å². The van der Waals surface area contributed by atoms with Gasteiger partial charge in [0, 0.05) is 16.9 Å². The Hall–Kier alpha value is -2.89. The SMILES string of the molecule is CC(=O)c1c(C)[nH]c(C(=O)O[C@H](C)C(=O)Nc2c(C)cc(C)cc2C)c1C. The first kappa shape index (κ1) is 20.4. The Morgan fingerprint density at radius 3 is 2.07 bits per heavy atom. The number of carbonyl (C=O) groups excluding carboxylic acids is 3. The zero-order valence-corrected chi connectivity index (χ0v) is 16.9. The van der Waals surface area contributed by atoms with Crippen LogP contribution in [0.5, 0.6) is 0 Å². The van der Waals surface area contributed by atoms with Crippen LogP contribution in [0.1, 0.15) is 62.6 Å². The summed E-state index contributed by atoms with van der Waals surface area (Å²) in [5.74, 6) is -1.20. The lowest BCUT2D eigenvalue weighted by Crippen LogP contribution is -2.30. The first-order chi connectivity index (χ1) is 12.5. The highest BCUT2D eigenvalue weighted by Gasteiger charge is 2.25. The molecule has 144 valence electrons. The number of nitrogens with one attached hydrogen (secondary N) is 2. The molecular formula is C21H26N2O4. The molecule has 1 aromatic carbocycles. The van der Waals surface area contributed by atoms with Crippen LogP contribution in [0.2, 0.25) is 0 Å². The van der Waals surface area contributed by atoms with Gasteiger partial charge in [-0.05, 0) is 65.2 Å². The van der Waals surface area contributed by atoms with Crippen molar-refractivity contribution in [2.45, 2.75) is 54.6 Å². The van der Waals surface area contributed by atoms with Gasteiger partial charge in [0.05, 0.1) is 0 Å². The van der Waals surface area contributed by atoms with Crippen LogP contribution in [0.15, 0.2) is 12.1 Å². The van der Waals surface area contributed by atoms with E-state index in [9.17, 15) is 14.4 Å². The van der Waals surface area contributed by atoms with E-state index in [1.54, 1.807) is 13.8 Å². The summed E-state index contributed by atoms with van der Waals surface area (Å²) in [4.78, 5) is 39.5. The van der Waals surface area contributed by atoms with Crippen molar-refractivity contribution in [3.05, 3.63) is 51.3 Å². The molecule has 0 bridgehead atoms. The van der Waals surface area contributed by atoms with Crippen LogP contribution >= 0.6 is 0 Å². The molecule has 6 heteroatoms. The zero-order valence-electron chi connectivity index (χ0n) is 16.9. The molecule has 0 radical (unpaired) electrons. The molecule has 0 saturated carbocycles. The van der Waals surface area contributed by atoms with E-state index >= 15 is 0 Å². The van der Waals surface area contributed by atoms with Gasteiger partial charge >= 0.3 is 5.97 Å². The predicted molar refractivity (Wildman–Crippen MR) is 104 cm³/mol. The molecule has 2 N–H and O–H groups in total. The van der Waals surface area contributed by atoms with Crippen LogP contribution in [-0.4, -0.2) is 28.7 Å². The second kappa shape index (κ2) is 7.78. The molecule has 6 nitrogen and oxygen atoms in total. The highest BCUT2D eigenvalue weighted by Crippen LogP contribution is 2.23. The lowest BCUT2D eigenvalue weighted by Gasteiger charge is -2.17. The number of aryl methyl sites for hydroxylation is 4. The molecule has 0 spiro atoms. The number of ether oxygens (including phenoxy) is 1. The van der Waals surface area contributed by atoms with Gasteiger partial charge in [-0.15, -0.1) is 0 Å². The van der Waals surface area contributed by atoms with E-state index in [-0.39, 0.29) is 11.5 Å². The monoisotopic (exact) mass is 370 g/mol. The third-order valence-corrected chi connectivity index (χ3v) is 4.57. The van der Waals surface area contributed by atoms with Crippen molar-refractivity contribution in [2.24, 2.45) is 0 Å². The molecule has 0 unspecified atom stereocenters. The van der Waals surface area contributed by atoms with E-state index in [0.29, 0.717) is 16.8 Å². The summed E-state index contributed by atoms with van der Waals surface area (Å²) in [5.41, 5.74) is 5.53. The Balaban J connectivity index is 2.14. The molecule has 0 fully saturated rings. The number of Topliss-reactive ketones (excluding diaryl/α,β-unsaturated/α-hetero) is 1. The maximum absolute atomic E-state index is 12.5. The number of anilines is 1. The van der Waals surface area contributed by atoms with E-state index in [1.165, 1.54) is 13.8 Å². The lowest BCUT2D eigenvalue weighted by molar-refractivity contribution is -0.123. The fourth-order valence-electron chi connectivity index (χ4n) is 3.36.